The Morgan fingerprint density at radius 3 is 2.30 bits per heavy atom. The molecule has 2 aromatic rings. The first-order valence-electron chi connectivity index (χ1n) is 9.57. The standard InChI is InChI=1S/C22H29FN2O2/c1-16-11-19(12-17(2)22(16)27)13-24-8-9-25(21(15-24)7-10-26)14-18-3-5-20(23)6-4-18/h3-6,11-12,21,26-27H,7-10,13-15H2,1-2H3/t21-/m0/s1. The van der Waals surface area contributed by atoms with Gasteiger partial charge in [-0.05, 0) is 54.7 Å². The van der Waals surface area contributed by atoms with E-state index in [9.17, 15) is 14.6 Å². The number of phenolic OH excluding ortho intramolecular Hbond substituents is 1. The van der Waals surface area contributed by atoms with Crippen LogP contribution in [0.15, 0.2) is 36.4 Å². The highest BCUT2D eigenvalue weighted by atomic mass is 19.1. The Kier molecular flexibility index (Phi) is 6.47. The molecule has 1 saturated heterocycles. The van der Waals surface area contributed by atoms with Crippen LogP contribution in [0.5, 0.6) is 5.75 Å². The maximum absolute atomic E-state index is 13.1. The molecule has 27 heavy (non-hydrogen) atoms. The van der Waals surface area contributed by atoms with Crippen molar-refractivity contribution < 1.29 is 14.6 Å². The fraction of sp³-hybridized carbons (Fsp3) is 0.455. The van der Waals surface area contributed by atoms with Crippen molar-refractivity contribution in [3.05, 3.63) is 64.5 Å². The molecule has 2 N–H and O–H groups in total. The minimum absolute atomic E-state index is 0.163. The summed E-state index contributed by atoms with van der Waals surface area (Å²) < 4.78 is 13.1. The smallest absolute Gasteiger partial charge is 0.123 e. The number of rotatable bonds is 6. The summed E-state index contributed by atoms with van der Waals surface area (Å²) in [4.78, 5) is 4.79. The molecule has 1 aliphatic heterocycles. The first kappa shape index (κ1) is 19.8. The van der Waals surface area contributed by atoms with Crippen molar-refractivity contribution >= 4 is 0 Å². The molecule has 0 aliphatic carbocycles. The lowest BCUT2D eigenvalue weighted by Crippen LogP contribution is -2.52. The second-order valence-corrected chi connectivity index (χ2v) is 7.58. The molecule has 0 unspecified atom stereocenters. The molecule has 146 valence electrons. The number of nitrogens with zero attached hydrogens (tertiary/aromatic N) is 2. The van der Waals surface area contributed by atoms with E-state index in [0.29, 0.717) is 5.75 Å². The second kappa shape index (κ2) is 8.83. The Bertz CT molecular complexity index is 740. The molecular formula is C22H29FN2O2. The van der Waals surface area contributed by atoms with Gasteiger partial charge in [0.15, 0.2) is 0 Å². The average Bonchev–Trinajstić information content (AvgIpc) is 2.64. The lowest BCUT2D eigenvalue weighted by atomic mass is 10.0. The monoisotopic (exact) mass is 372 g/mol. The van der Waals surface area contributed by atoms with Crippen molar-refractivity contribution in [2.45, 2.75) is 39.4 Å². The third-order valence-electron chi connectivity index (χ3n) is 5.41. The van der Waals surface area contributed by atoms with E-state index in [1.165, 1.54) is 17.7 Å². The van der Waals surface area contributed by atoms with Crippen molar-refractivity contribution in [1.82, 2.24) is 9.80 Å². The molecule has 0 aromatic heterocycles. The van der Waals surface area contributed by atoms with Gasteiger partial charge in [0.2, 0.25) is 0 Å². The van der Waals surface area contributed by atoms with Crippen molar-refractivity contribution in [3.63, 3.8) is 0 Å². The van der Waals surface area contributed by atoms with E-state index in [0.717, 1.165) is 55.8 Å². The molecular weight excluding hydrogens is 343 g/mol. The van der Waals surface area contributed by atoms with Crippen molar-refractivity contribution in [2.75, 3.05) is 26.2 Å². The summed E-state index contributed by atoms with van der Waals surface area (Å²) in [6, 6.07) is 11.0. The summed E-state index contributed by atoms with van der Waals surface area (Å²) in [5.41, 5.74) is 4.12. The number of aliphatic hydroxyl groups excluding tert-OH is 1. The summed E-state index contributed by atoms with van der Waals surface area (Å²) in [6.45, 7) is 8.39. The van der Waals surface area contributed by atoms with Gasteiger partial charge in [-0.1, -0.05) is 24.3 Å². The number of aliphatic hydroxyl groups is 1. The van der Waals surface area contributed by atoms with Crippen LogP contribution in [0.2, 0.25) is 0 Å². The van der Waals surface area contributed by atoms with Gasteiger partial charge in [-0.2, -0.15) is 0 Å². The zero-order valence-electron chi connectivity index (χ0n) is 16.2. The van der Waals surface area contributed by atoms with E-state index >= 15 is 0 Å². The number of hydrogen-bond donors (Lipinski definition) is 2. The van der Waals surface area contributed by atoms with Gasteiger partial charge in [-0.15, -0.1) is 0 Å². The molecule has 1 atom stereocenters. The topological polar surface area (TPSA) is 46.9 Å². The number of halogens is 1. The van der Waals surface area contributed by atoms with Gasteiger partial charge in [-0.3, -0.25) is 9.80 Å². The van der Waals surface area contributed by atoms with E-state index < -0.39 is 0 Å². The Morgan fingerprint density at radius 2 is 1.67 bits per heavy atom. The van der Waals surface area contributed by atoms with Gasteiger partial charge in [0.05, 0.1) is 0 Å². The Labute approximate surface area is 160 Å². The lowest BCUT2D eigenvalue weighted by molar-refractivity contribution is 0.0499. The van der Waals surface area contributed by atoms with E-state index in [1.54, 1.807) is 0 Å². The number of piperazine rings is 1. The van der Waals surface area contributed by atoms with Gasteiger partial charge in [-0.25, -0.2) is 4.39 Å². The third kappa shape index (κ3) is 5.06. The Morgan fingerprint density at radius 1 is 1.00 bits per heavy atom. The van der Waals surface area contributed by atoms with Crippen molar-refractivity contribution in [1.29, 1.82) is 0 Å². The van der Waals surface area contributed by atoms with Crippen LogP contribution in [-0.2, 0) is 13.1 Å². The van der Waals surface area contributed by atoms with E-state index in [2.05, 4.69) is 9.80 Å². The zero-order valence-corrected chi connectivity index (χ0v) is 16.2. The third-order valence-corrected chi connectivity index (χ3v) is 5.41. The van der Waals surface area contributed by atoms with Crippen molar-refractivity contribution in [2.24, 2.45) is 0 Å². The molecule has 0 spiro atoms. The fourth-order valence-electron chi connectivity index (χ4n) is 3.95. The molecule has 2 aromatic carbocycles. The zero-order chi connectivity index (χ0) is 19.4. The van der Waals surface area contributed by atoms with Gasteiger partial charge < -0.3 is 10.2 Å². The number of benzene rings is 2. The maximum Gasteiger partial charge on any atom is 0.123 e. The molecule has 0 radical (unpaired) electrons. The van der Waals surface area contributed by atoms with E-state index in [4.69, 9.17) is 0 Å². The number of aromatic hydroxyl groups is 1. The van der Waals surface area contributed by atoms with Crippen LogP contribution in [0.25, 0.3) is 0 Å². The predicted octanol–water partition coefficient (Wildman–Crippen LogP) is 3.22. The van der Waals surface area contributed by atoms with Crippen LogP contribution in [0.3, 0.4) is 0 Å². The van der Waals surface area contributed by atoms with Crippen LogP contribution in [-0.4, -0.2) is 52.3 Å². The summed E-state index contributed by atoms with van der Waals surface area (Å²) in [6.07, 6.45) is 0.728. The van der Waals surface area contributed by atoms with Crippen molar-refractivity contribution in [3.8, 4) is 5.75 Å². The molecule has 4 nitrogen and oxygen atoms in total. The van der Waals surface area contributed by atoms with E-state index in [-0.39, 0.29) is 18.5 Å². The van der Waals surface area contributed by atoms with Crippen LogP contribution >= 0.6 is 0 Å². The van der Waals surface area contributed by atoms with Gasteiger partial charge >= 0.3 is 0 Å². The lowest BCUT2D eigenvalue weighted by Gasteiger charge is -2.41. The highest BCUT2D eigenvalue weighted by Crippen LogP contribution is 2.25. The van der Waals surface area contributed by atoms with Crippen LogP contribution < -0.4 is 0 Å². The summed E-state index contributed by atoms with van der Waals surface area (Å²) in [7, 11) is 0. The fourth-order valence-corrected chi connectivity index (χ4v) is 3.95. The summed E-state index contributed by atoms with van der Waals surface area (Å²) in [5.74, 6) is 0.163. The SMILES string of the molecule is Cc1cc(CN2CCN(Cc3ccc(F)cc3)[C@@H](CCO)C2)cc(C)c1O. The quantitative estimate of drug-likeness (QED) is 0.817. The number of aryl methyl sites for hydroxylation is 2. The predicted molar refractivity (Wildman–Crippen MR) is 105 cm³/mol. The Hall–Kier alpha value is -1.95. The second-order valence-electron chi connectivity index (χ2n) is 7.58. The largest absolute Gasteiger partial charge is 0.507 e. The first-order chi connectivity index (χ1) is 13.0. The molecule has 3 rings (SSSR count). The summed E-state index contributed by atoms with van der Waals surface area (Å²) >= 11 is 0. The molecule has 0 amide bonds. The van der Waals surface area contributed by atoms with Gasteiger partial charge in [0, 0.05) is 45.4 Å². The van der Waals surface area contributed by atoms with Gasteiger partial charge in [0.1, 0.15) is 11.6 Å². The molecule has 5 heteroatoms. The minimum Gasteiger partial charge on any atom is -0.507 e. The normalized spacial score (nSPS) is 18.7. The molecule has 0 bridgehead atoms. The van der Waals surface area contributed by atoms with E-state index in [1.807, 2.05) is 38.1 Å². The minimum atomic E-state index is -0.213. The highest BCUT2D eigenvalue weighted by Gasteiger charge is 2.26. The first-order valence-corrected chi connectivity index (χ1v) is 9.57. The molecule has 1 aliphatic rings. The Balaban J connectivity index is 1.65. The molecule has 1 fully saturated rings. The van der Waals surface area contributed by atoms with Crippen LogP contribution in [0.4, 0.5) is 4.39 Å². The summed E-state index contributed by atoms with van der Waals surface area (Å²) in [5, 5.41) is 19.5. The number of phenols is 1. The van der Waals surface area contributed by atoms with Gasteiger partial charge in [0.25, 0.3) is 0 Å². The molecule has 1 heterocycles. The van der Waals surface area contributed by atoms with Crippen LogP contribution in [0.1, 0.15) is 28.7 Å². The van der Waals surface area contributed by atoms with Crippen LogP contribution in [0, 0.1) is 19.7 Å². The average molecular weight is 372 g/mol. The maximum atomic E-state index is 13.1. The highest BCUT2D eigenvalue weighted by molar-refractivity contribution is 5.42. The number of hydrogen-bond acceptors (Lipinski definition) is 4. The molecule has 0 saturated carbocycles.